The van der Waals surface area contributed by atoms with Crippen molar-refractivity contribution >= 4 is 10.9 Å². The first kappa shape index (κ1) is 19.9. The minimum Gasteiger partial charge on any atom is -0.496 e. The summed E-state index contributed by atoms with van der Waals surface area (Å²) in [6, 6.07) is 26.4. The Morgan fingerprint density at radius 3 is 2.61 bits per heavy atom. The van der Waals surface area contributed by atoms with Crippen LogP contribution in [0.4, 0.5) is 0 Å². The zero-order chi connectivity index (χ0) is 21.2. The largest absolute Gasteiger partial charge is 0.496 e. The van der Waals surface area contributed by atoms with E-state index in [-0.39, 0.29) is 0 Å². The van der Waals surface area contributed by atoms with Crippen molar-refractivity contribution in [2.75, 3.05) is 7.11 Å². The molecule has 0 spiro atoms. The van der Waals surface area contributed by atoms with Gasteiger partial charge in [-0.3, -0.25) is 0 Å². The molecular weight excluding hydrogens is 380 g/mol. The maximum Gasteiger partial charge on any atom is 0.126 e. The predicted molar refractivity (Wildman–Crippen MR) is 128 cm³/mol. The summed E-state index contributed by atoms with van der Waals surface area (Å²) in [4.78, 5) is 0. The molecule has 0 radical (unpaired) electrons. The lowest BCUT2D eigenvalue weighted by atomic mass is 10.00. The summed E-state index contributed by atoms with van der Waals surface area (Å²) in [6.45, 7) is 4.17. The molecule has 0 amide bonds. The fraction of sp³-hybridized carbons (Fsp3) is 0.286. The van der Waals surface area contributed by atoms with E-state index in [4.69, 9.17) is 4.74 Å². The topological polar surface area (TPSA) is 26.2 Å². The molecule has 31 heavy (non-hydrogen) atoms. The Balaban J connectivity index is 1.39. The molecule has 3 nitrogen and oxygen atoms in total. The van der Waals surface area contributed by atoms with Gasteiger partial charge in [0, 0.05) is 41.8 Å². The highest BCUT2D eigenvalue weighted by atomic mass is 16.5. The molecule has 1 aromatic heterocycles. The summed E-state index contributed by atoms with van der Waals surface area (Å²) in [5.74, 6) is 1.79. The molecule has 1 N–H and O–H groups in total. The van der Waals surface area contributed by atoms with Gasteiger partial charge in [0.05, 0.1) is 7.11 Å². The van der Waals surface area contributed by atoms with E-state index < -0.39 is 0 Å². The van der Waals surface area contributed by atoms with Crippen molar-refractivity contribution in [3.05, 3.63) is 90.1 Å². The molecule has 1 atom stereocenters. The van der Waals surface area contributed by atoms with Crippen molar-refractivity contribution < 1.29 is 4.74 Å². The van der Waals surface area contributed by atoms with Crippen LogP contribution in [-0.2, 0) is 13.1 Å². The van der Waals surface area contributed by atoms with Crippen LogP contribution in [0.25, 0.3) is 22.0 Å². The second-order valence-electron chi connectivity index (χ2n) is 8.73. The van der Waals surface area contributed by atoms with Gasteiger partial charge >= 0.3 is 0 Å². The van der Waals surface area contributed by atoms with Crippen molar-refractivity contribution in [1.29, 1.82) is 0 Å². The van der Waals surface area contributed by atoms with Gasteiger partial charge < -0.3 is 14.6 Å². The Kier molecular flexibility index (Phi) is 5.52. The van der Waals surface area contributed by atoms with Crippen LogP contribution < -0.4 is 10.1 Å². The van der Waals surface area contributed by atoms with Crippen LogP contribution in [0.15, 0.2) is 79.0 Å². The van der Waals surface area contributed by atoms with Gasteiger partial charge in [0.15, 0.2) is 0 Å². The van der Waals surface area contributed by atoms with E-state index in [1.165, 1.54) is 40.4 Å². The van der Waals surface area contributed by atoms with Gasteiger partial charge in [-0.05, 0) is 72.7 Å². The van der Waals surface area contributed by atoms with E-state index in [0.29, 0.717) is 6.04 Å². The smallest absolute Gasteiger partial charge is 0.126 e. The molecule has 1 aliphatic rings. The van der Waals surface area contributed by atoms with E-state index in [2.05, 4.69) is 95.8 Å². The average molecular weight is 411 g/mol. The SMILES string of the molecule is COc1ccc(CN[C@H](C)c2ccccc2)cc1-c1ccc2c(ccn2CC2CC2)c1. The summed E-state index contributed by atoms with van der Waals surface area (Å²) < 4.78 is 8.10. The van der Waals surface area contributed by atoms with Crippen LogP contribution in [0, 0.1) is 5.92 Å². The highest BCUT2D eigenvalue weighted by molar-refractivity contribution is 5.87. The van der Waals surface area contributed by atoms with Gasteiger partial charge in [0.1, 0.15) is 5.75 Å². The normalized spacial score (nSPS) is 14.6. The summed E-state index contributed by atoms with van der Waals surface area (Å²) in [5, 5.41) is 4.94. The van der Waals surface area contributed by atoms with Crippen molar-refractivity contribution in [1.82, 2.24) is 9.88 Å². The molecule has 158 valence electrons. The van der Waals surface area contributed by atoms with Gasteiger partial charge in [-0.15, -0.1) is 0 Å². The molecule has 3 heteroatoms. The van der Waals surface area contributed by atoms with E-state index in [1.807, 2.05) is 0 Å². The van der Waals surface area contributed by atoms with Crippen molar-refractivity contribution in [3.63, 3.8) is 0 Å². The molecule has 0 unspecified atom stereocenters. The standard InChI is InChI=1S/C28H30N2O/c1-20(23-6-4-3-5-7-23)29-18-22-10-13-28(31-2)26(16-22)24-11-12-27-25(17-24)14-15-30(27)19-21-8-9-21/h3-7,10-17,20-21,29H,8-9,18-19H2,1-2H3/t20-/m1/s1. The number of ether oxygens (including phenoxy) is 1. The highest BCUT2D eigenvalue weighted by Crippen LogP contribution is 2.35. The highest BCUT2D eigenvalue weighted by Gasteiger charge is 2.22. The minimum absolute atomic E-state index is 0.300. The monoisotopic (exact) mass is 410 g/mol. The Labute approximate surface area is 184 Å². The molecule has 3 aromatic carbocycles. The number of nitrogens with one attached hydrogen (secondary N) is 1. The lowest BCUT2D eigenvalue weighted by Gasteiger charge is -2.16. The number of nitrogens with zero attached hydrogens (tertiary/aromatic N) is 1. The van der Waals surface area contributed by atoms with E-state index >= 15 is 0 Å². The molecule has 0 saturated heterocycles. The first-order chi connectivity index (χ1) is 15.2. The summed E-state index contributed by atoms with van der Waals surface area (Å²) in [5.41, 5.74) is 6.23. The second-order valence-corrected chi connectivity index (χ2v) is 8.73. The molecule has 1 saturated carbocycles. The zero-order valence-electron chi connectivity index (χ0n) is 18.3. The molecule has 1 aliphatic carbocycles. The third-order valence-electron chi connectivity index (χ3n) is 6.41. The van der Waals surface area contributed by atoms with Crippen LogP contribution in [0.1, 0.15) is 36.9 Å². The van der Waals surface area contributed by atoms with Gasteiger partial charge in [-0.1, -0.05) is 42.5 Å². The lowest BCUT2D eigenvalue weighted by molar-refractivity contribution is 0.416. The Morgan fingerprint density at radius 1 is 1.00 bits per heavy atom. The zero-order valence-corrected chi connectivity index (χ0v) is 18.3. The number of rotatable bonds is 8. The van der Waals surface area contributed by atoms with E-state index in [9.17, 15) is 0 Å². The number of fused-ring (bicyclic) bond motifs is 1. The fourth-order valence-electron chi connectivity index (χ4n) is 4.33. The number of hydrogen-bond acceptors (Lipinski definition) is 2. The third-order valence-corrected chi connectivity index (χ3v) is 6.41. The van der Waals surface area contributed by atoms with E-state index in [0.717, 1.165) is 30.3 Å². The van der Waals surface area contributed by atoms with Crippen LogP contribution in [0.5, 0.6) is 5.75 Å². The van der Waals surface area contributed by atoms with Crippen LogP contribution in [-0.4, -0.2) is 11.7 Å². The van der Waals surface area contributed by atoms with Crippen molar-refractivity contribution in [2.24, 2.45) is 5.92 Å². The maximum atomic E-state index is 5.70. The quantitative estimate of drug-likeness (QED) is 0.355. The number of hydrogen-bond donors (Lipinski definition) is 1. The van der Waals surface area contributed by atoms with Crippen LogP contribution in [0.2, 0.25) is 0 Å². The summed E-state index contributed by atoms with van der Waals surface area (Å²) in [7, 11) is 1.75. The number of aromatic nitrogens is 1. The van der Waals surface area contributed by atoms with E-state index in [1.54, 1.807) is 7.11 Å². The first-order valence-corrected chi connectivity index (χ1v) is 11.3. The molecular formula is C28H30N2O. The van der Waals surface area contributed by atoms with Gasteiger partial charge in [-0.25, -0.2) is 0 Å². The van der Waals surface area contributed by atoms with Gasteiger partial charge in [0.25, 0.3) is 0 Å². The molecule has 1 fully saturated rings. The molecule has 5 rings (SSSR count). The Morgan fingerprint density at radius 2 is 1.84 bits per heavy atom. The Hall–Kier alpha value is -3.04. The van der Waals surface area contributed by atoms with Crippen LogP contribution >= 0.6 is 0 Å². The predicted octanol–water partition coefficient (Wildman–Crippen LogP) is 6.58. The third kappa shape index (κ3) is 4.38. The molecule has 0 aliphatic heterocycles. The Bertz CT molecular complexity index is 1170. The van der Waals surface area contributed by atoms with Crippen molar-refractivity contribution in [2.45, 2.75) is 38.9 Å². The number of methoxy groups -OCH3 is 1. The summed E-state index contributed by atoms with van der Waals surface area (Å²) >= 11 is 0. The van der Waals surface area contributed by atoms with Crippen LogP contribution in [0.3, 0.4) is 0 Å². The van der Waals surface area contributed by atoms with Gasteiger partial charge in [0.2, 0.25) is 0 Å². The molecule has 4 aromatic rings. The van der Waals surface area contributed by atoms with Crippen molar-refractivity contribution in [3.8, 4) is 16.9 Å². The number of benzene rings is 3. The average Bonchev–Trinajstić information content (AvgIpc) is 3.56. The second kappa shape index (κ2) is 8.60. The maximum absolute atomic E-state index is 5.70. The van der Waals surface area contributed by atoms with Gasteiger partial charge in [-0.2, -0.15) is 0 Å². The molecule has 1 heterocycles. The molecule has 0 bridgehead atoms. The fourth-order valence-corrected chi connectivity index (χ4v) is 4.33. The minimum atomic E-state index is 0.300. The summed E-state index contributed by atoms with van der Waals surface area (Å²) in [6.07, 6.45) is 4.98. The lowest BCUT2D eigenvalue weighted by Crippen LogP contribution is -2.18. The first-order valence-electron chi connectivity index (χ1n) is 11.3.